The lowest BCUT2D eigenvalue weighted by Crippen LogP contribution is -2.14. The number of para-hydroxylation sites is 2. The summed E-state index contributed by atoms with van der Waals surface area (Å²) >= 11 is 0. The molecular formula is C16H15N3O4S. The summed E-state index contributed by atoms with van der Waals surface area (Å²) in [6, 6.07) is 12.7. The Balaban J connectivity index is 1.93. The van der Waals surface area contributed by atoms with Gasteiger partial charge in [-0.15, -0.1) is 0 Å². The number of sulfonamides is 1. The number of nitrogens with zero attached hydrogens (tertiary/aromatic N) is 2. The van der Waals surface area contributed by atoms with E-state index >= 15 is 0 Å². The fourth-order valence-corrected chi connectivity index (χ4v) is 3.00. The number of fused-ring (bicyclic) bond motifs is 1. The first-order valence-corrected chi connectivity index (χ1v) is 8.66. The molecule has 24 heavy (non-hydrogen) atoms. The molecule has 7 nitrogen and oxygen atoms in total. The van der Waals surface area contributed by atoms with Crippen LogP contribution in [0, 0.1) is 0 Å². The van der Waals surface area contributed by atoms with Gasteiger partial charge in [0, 0.05) is 5.56 Å². The quantitative estimate of drug-likeness (QED) is 0.671. The molecule has 3 N–H and O–H groups in total. The Hall–Kier alpha value is -2.55. The Morgan fingerprint density at radius 2 is 1.79 bits per heavy atom. The number of primary sulfonamides is 1. The molecule has 3 rings (SSSR count). The van der Waals surface area contributed by atoms with Crippen molar-refractivity contribution >= 4 is 26.8 Å². The number of Topliss-reactive ketones (excluding diaryl/α,β-unsaturated/α-hetero) is 1. The van der Waals surface area contributed by atoms with Crippen molar-refractivity contribution in [2.45, 2.75) is 18.0 Å². The molecule has 124 valence electrons. The van der Waals surface area contributed by atoms with E-state index in [1.165, 1.54) is 24.3 Å². The van der Waals surface area contributed by atoms with Crippen molar-refractivity contribution < 1.29 is 18.3 Å². The molecule has 0 atom stereocenters. The summed E-state index contributed by atoms with van der Waals surface area (Å²) < 4.78 is 24.2. The SMILES string of the molecule is NS(=O)(=O)c1ccc(C(=O)Cn2c(CO)nc3ccccc32)cc1. The lowest BCUT2D eigenvalue weighted by atomic mass is 10.1. The fraction of sp³-hybridized carbons (Fsp3) is 0.125. The summed E-state index contributed by atoms with van der Waals surface area (Å²) in [6.07, 6.45) is 0. The van der Waals surface area contributed by atoms with E-state index in [0.717, 1.165) is 5.52 Å². The summed E-state index contributed by atoms with van der Waals surface area (Å²) in [6.45, 7) is -0.294. The number of carbonyl (C=O) groups excluding carboxylic acids is 1. The third kappa shape index (κ3) is 3.07. The molecule has 2 aromatic carbocycles. The maximum Gasteiger partial charge on any atom is 0.238 e. The molecule has 0 radical (unpaired) electrons. The van der Waals surface area contributed by atoms with Crippen molar-refractivity contribution in [1.82, 2.24) is 9.55 Å². The molecule has 0 saturated heterocycles. The fourth-order valence-electron chi connectivity index (χ4n) is 2.49. The highest BCUT2D eigenvalue weighted by Gasteiger charge is 2.15. The Morgan fingerprint density at radius 3 is 2.42 bits per heavy atom. The van der Waals surface area contributed by atoms with Gasteiger partial charge in [0.25, 0.3) is 0 Å². The van der Waals surface area contributed by atoms with Gasteiger partial charge >= 0.3 is 0 Å². The lowest BCUT2D eigenvalue weighted by molar-refractivity contribution is 0.0970. The van der Waals surface area contributed by atoms with Crippen LogP contribution in [0.3, 0.4) is 0 Å². The Kier molecular flexibility index (Phi) is 4.18. The van der Waals surface area contributed by atoms with Crippen LogP contribution in [-0.4, -0.2) is 28.9 Å². The molecule has 0 fully saturated rings. The van der Waals surface area contributed by atoms with Crippen LogP contribution in [0.4, 0.5) is 0 Å². The standard InChI is InChI=1S/C16H15N3O4S/c17-24(22,23)12-7-5-11(6-8-12)15(21)9-19-14-4-2-1-3-13(14)18-16(19)10-20/h1-8,20H,9-10H2,(H2,17,22,23). The second-order valence-electron chi connectivity index (χ2n) is 5.25. The van der Waals surface area contributed by atoms with Gasteiger partial charge in [0.05, 0.1) is 22.5 Å². The lowest BCUT2D eigenvalue weighted by Gasteiger charge is -2.08. The second kappa shape index (κ2) is 6.16. The van der Waals surface area contributed by atoms with Crippen LogP contribution in [-0.2, 0) is 23.2 Å². The van der Waals surface area contributed by atoms with Gasteiger partial charge in [0.1, 0.15) is 12.4 Å². The number of aliphatic hydroxyl groups is 1. The van der Waals surface area contributed by atoms with Gasteiger partial charge in [-0.05, 0) is 36.4 Å². The van der Waals surface area contributed by atoms with Gasteiger partial charge in [-0.2, -0.15) is 0 Å². The summed E-state index contributed by atoms with van der Waals surface area (Å²) in [5.41, 5.74) is 1.79. The number of ketones is 1. The number of aliphatic hydroxyl groups excluding tert-OH is 1. The average Bonchev–Trinajstić information content (AvgIpc) is 2.92. The van der Waals surface area contributed by atoms with Crippen molar-refractivity contribution in [3.63, 3.8) is 0 Å². The molecule has 0 spiro atoms. The predicted octanol–water partition coefficient (Wildman–Crippen LogP) is 1.06. The van der Waals surface area contributed by atoms with E-state index in [1.54, 1.807) is 10.6 Å². The summed E-state index contributed by atoms with van der Waals surface area (Å²) in [4.78, 5) is 16.7. The number of imidazole rings is 1. The molecule has 0 aliphatic heterocycles. The minimum Gasteiger partial charge on any atom is -0.388 e. The Bertz CT molecular complexity index is 1010. The zero-order valence-corrected chi connectivity index (χ0v) is 13.4. The number of hydrogen-bond donors (Lipinski definition) is 2. The highest BCUT2D eigenvalue weighted by molar-refractivity contribution is 7.89. The van der Waals surface area contributed by atoms with Gasteiger partial charge in [0.2, 0.25) is 10.0 Å². The zero-order chi connectivity index (χ0) is 17.3. The summed E-state index contributed by atoms with van der Waals surface area (Å²) in [5.74, 6) is 0.166. The number of aromatic nitrogens is 2. The molecule has 0 amide bonds. The third-order valence-corrected chi connectivity index (χ3v) is 4.61. The van der Waals surface area contributed by atoms with Gasteiger partial charge in [0.15, 0.2) is 5.78 Å². The molecule has 0 unspecified atom stereocenters. The second-order valence-corrected chi connectivity index (χ2v) is 6.81. The van der Waals surface area contributed by atoms with E-state index in [4.69, 9.17) is 5.14 Å². The minimum atomic E-state index is -3.79. The smallest absolute Gasteiger partial charge is 0.238 e. The number of nitrogens with two attached hydrogens (primary N) is 1. The maximum absolute atomic E-state index is 12.5. The summed E-state index contributed by atoms with van der Waals surface area (Å²) in [7, 11) is -3.79. The number of carbonyl (C=O) groups is 1. The first kappa shape index (κ1) is 16.3. The summed E-state index contributed by atoms with van der Waals surface area (Å²) in [5, 5.41) is 14.5. The van der Waals surface area contributed by atoms with Crippen LogP contribution in [0.2, 0.25) is 0 Å². The minimum absolute atomic E-state index is 0.00880. The monoisotopic (exact) mass is 345 g/mol. The normalized spacial score (nSPS) is 11.8. The van der Waals surface area contributed by atoms with Crippen molar-refractivity contribution in [3.05, 3.63) is 59.9 Å². The van der Waals surface area contributed by atoms with Crippen LogP contribution < -0.4 is 5.14 Å². The third-order valence-electron chi connectivity index (χ3n) is 3.68. The van der Waals surface area contributed by atoms with E-state index in [0.29, 0.717) is 16.9 Å². The number of hydrogen-bond acceptors (Lipinski definition) is 5. The molecule has 0 saturated carbocycles. The van der Waals surface area contributed by atoms with Crippen LogP contribution in [0.1, 0.15) is 16.2 Å². The highest BCUT2D eigenvalue weighted by Crippen LogP contribution is 2.17. The molecule has 8 heteroatoms. The van der Waals surface area contributed by atoms with Gasteiger partial charge in [-0.3, -0.25) is 4.79 Å². The van der Waals surface area contributed by atoms with E-state index in [9.17, 15) is 18.3 Å². The van der Waals surface area contributed by atoms with Gasteiger partial charge in [-0.1, -0.05) is 12.1 Å². The largest absolute Gasteiger partial charge is 0.388 e. The first-order chi connectivity index (χ1) is 11.4. The Morgan fingerprint density at radius 1 is 1.12 bits per heavy atom. The van der Waals surface area contributed by atoms with Crippen molar-refractivity contribution in [3.8, 4) is 0 Å². The van der Waals surface area contributed by atoms with Gasteiger partial charge < -0.3 is 9.67 Å². The van der Waals surface area contributed by atoms with E-state index in [1.807, 2.05) is 18.2 Å². The van der Waals surface area contributed by atoms with Crippen LogP contribution in [0.5, 0.6) is 0 Å². The van der Waals surface area contributed by atoms with Gasteiger partial charge in [-0.25, -0.2) is 18.5 Å². The van der Waals surface area contributed by atoms with E-state index in [-0.39, 0.29) is 23.8 Å². The molecular weight excluding hydrogens is 330 g/mol. The Labute approximate surface area is 138 Å². The first-order valence-electron chi connectivity index (χ1n) is 7.11. The van der Waals surface area contributed by atoms with E-state index < -0.39 is 10.0 Å². The van der Waals surface area contributed by atoms with Crippen molar-refractivity contribution in [2.24, 2.45) is 5.14 Å². The van der Waals surface area contributed by atoms with Crippen LogP contribution in [0.25, 0.3) is 11.0 Å². The number of benzene rings is 2. The number of rotatable bonds is 5. The molecule has 1 aromatic heterocycles. The van der Waals surface area contributed by atoms with Crippen LogP contribution in [0.15, 0.2) is 53.4 Å². The predicted molar refractivity (Wildman–Crippen MR) is 87.8 cm³/mol. The average molecular weight is 345 g/mol. The molecule has 3 aromatic rings. The maximum atomic E-state index is 12.5. The van der Waals surface area contributed by atoms with E-state index in [2.05, 4.69) is 4.98 Å². The van der Waals surface area contributed by atoms with Crippen molar-refractivity contribution in [1.29, 1.82) is 0 Å². The van der Waals surface area contributed by atoms with Crippen molar-refractivity contribution in [2.75, 3.05) is 0 Å². The van der Waals surface area contributed by atoms with Crippen LogP contribution >= 0.6 is 0 Å². The zero-order valence-electron chi connectivity index (χ0n) is 12.6. The molecule has 0 aliphatic rings. The highest BCUT2D eigenvalue weighted by atomic mass is 32.2. The molecule has 0 aliphatic carbocycles. The topological polar surface area (TPSA) is 115 Å². The molecule has 1 heterocycles. The molecule has 0 bridgehead atoms.